The summed E-state index contributed by atoms with van der Waals surface area (Å²) in [7, 11) is 0. The monoisotopic (exact) mass is 350 g/mol. The summed E-state index contributed by atoms with van der Waals surface area (Å²) < 4.78 is 1.86. The number of para-hydroxylation sites is 1. The number of carbonyl (C=O) groups is 1. The molecule has 0 saturated carbocycles. The zero-order valence-corrected chi connectivity index (χ0v) is 14.5. The van der Waals surface area contributed by atoms with Gasteiger partial charge in [-0.2, -0.15) is 5.10 Å². The summed E-state index contributed by atoms with van der Waals surface area (Å²) >= 11 is 0. The summed E-state index contributed by atoms with van der Waals surface area (Å²) in [4.78, 5) is 21.6. The van der Waals surface area contributed by atoms with Gasteiger partial charge in [-0.25, -0.2) is 4.68 Å². The fourth-order valence-electron chi connectivity index (χ4n) is 2.86. The van der Waals surface area contributed by atoms with Crippen LogP contribution < -0.4 is 5.32 Å². The van der Waals surface area contributed by atoms with Gasteiger partial charge in [0.2, 0.25) is 0 Å². The molecule has 3 rings (SSSR count). The highest BCUT2D eigenvalue weighted by molar-refractivity contribution is 5.79. The molecule has 0 aliphatic carbocycles. The Bertz CT molecular complexity index is 964. The molecule has 132 valence electrons. The van der Waals surface area contributed by atoms with Crippen LogP contribution in [0.5, 0.6) is 0 Å². The molecule has 7 heteroatoms. The van der Waals surface area contributed by atoms with Gasteiger partial charge in [0.1, 0.15) is 12.0 Å². The molecular formula is C19H18N4O3. The summed E-state index contributed by atoms with van der Waals surface area (Å²) in [6.45, 7) is 4.27. The van der Waals surface area contributed by atoms with Gasteiger partial charge in [0.05, 0.1) is 16.3 Å². The molecule has 0 fully saturated rings. The van der Waals surface area contributed by atoms with Gasteiger partial charge < -0.3 is 5.32 Å². The second-order valence-electron chi connectivity index (χ2n) is 5.90. The van der Waals surface area contributed by atoms with E-state index in [9.17, 15) is 14.9 Å². The molecule has 2 aromatic carbocycles. The highest BCUT2D eigenvalue weighted by Crippen LogP contribution is 2.27. The van der Waals surface area contributed by atoms with Gasteiger partial charge in [0, 0.05) is 29.4 Å². The zero-order chi connectivity index (χ0) is 18.7. The van der Waals surface area contributed by atoms with Crippen molar-refractivity contribution in [2.24, 2.45) is 0 Å². The Balaban J connectivity index is 1.88. The van der Waals surface area contributed by atoms with Gasteiger partial charge in [-0.3, -0.25) is 14.9 Å². The Morgan fingerprint density at radius 1 is 1.19 bits per heavy atom. The first-order valence-corrected chi connectivity index (χ1v) is 8.09. The first kappa shape index (κ1) is 17.3. The topological polar surface area (TPSA) is 90.1 Å². The summed E-state index contributed by atoms with van der Waals surface area (Å²) in [6.07, 6.45) is 0.592. The molecule has 0 atom stereocenters. The van der Waals surface area contributed by atoms with E-state index in [-0.39, 0.29) is 11.3 Å². The lowest BCUT2D eigenvalue weighted by Crippen LogP contribution is -2.05. The highest BCUT2D eigenvalue weighted by Gasteiger charge is 2.17. The van der Waals surface area contributed by atoms with E-state index in [4.69, 9.17) is 0 Å². The van der Waals surface area contributed by atoms with E-state index >= 15 is 0 Å². The lowest BCUT2D eigenvalue weighted by Gasteiger charge is -2.09. The van der Waals surface area contributed by atoms with E-state index in [1.807, 2.05) is 48.9 Å². The normalized spacial score (nSPS) is 10.5. The SMILES string of the molecule is Cc1nn(-c2ccccc2)c(C)c1CNc1ccc(C=O)cc1[N+](=O)[O-]. The Morgan fingerprint density at radius 2 is 1.92 bits per heavy atom. The van der Waals surface area contributed by atoms with Crippen LogP contribution in [0.4, 0.5) is 11.4 Å². The molecule has 0 radical (unpaired) electrons. The average molecular weight is 350 g/mol. The van der Waals surface area contributed by atoms with E-state index < -0.39 is 4.92 Å². The van der Waals surface area contributed by atoms with Crippen molar-refractivity contribution in [2.75, 3.05) is 5.32 Å². The van der Waals surface area contributed by atoms with Gasteiger partial charge in [0.25, 0.3) is 5.69 Å². The number of aldehydes is 1. The van der Waals surface area contributed by atoms with Crippen LogP contribution in [0, 0.1) is 24.0 Å². The summed E-state index contributed by atoms with van der Waals surface area (Å²) in [6, 6.07) is 14.1. The fraction of sp³-hybridized carbons (Fsp3) is 0.158. The van der Waals surface area contributed by atoms with Crippen LogP contribution in [-0.4, -0.2) is 21.0 Å². The summed E-state index contributed by atoms with van der Waals surface area (Å²) in [5, 5.41) is 18.9. The number of nitrogens with one attached hydrogen (secondary N) is 1. The lowest BCUT2D eigenvalue weighted by atomic mass is 10.1. The Kier molecular flexibility index (Phi) is 4.79. The van der Waals surface area contributed by atoms with Crippen LogP contribution in [-0.2, 0) is 6.54 Å². The number of nitro groups is 1. The van der Waals surface area contributed by atoms with Crippen molar-refractivity contribution in [3.63, 3.8) is 0 Å². The first-order chi connectivity index (χ1) is 12.5. The zero-order valence-electron chi connectivity index (χ0n) is 14.5. The van der Waals surface area contributed by atoms with Crippen molar-refractivity contribution in [3.8, 4) is 5.69 Å². The second kappa shape index (κ2) is 7.18. The van der Waals surface area contributed by atoms with Crippen LogP contribution in [0.15, 0.2) is 48.5 Å². The van der Waals surface area contributed by atoms with Crippen molar-refractivity contribution in [2.45, 2.75) is 20.4 Å². The third kappa shape index (κ3) is 3.32. The summed E-state index contributed by atoms with van der Waals surface area (Å²) in [5.41, 5.74) is 4.27. The molecule has 0 unspecified atom stereocenters. The number of rotatable bonds is 6. The van der Waals surface area contributed by atoms with Crippen molar-refractivity contribution >= 4 is 17.7 Å². The quantitative estimate of drug-likeness (QED) is 0.415. The minimum Gasteiger partial charge on any atom is -0.375 e. The van der Waals surface area contributed by atoms with Crippen LogP contribution in [0.25, 0.3) is 5.69 Å². The Labute approximate surface area is 150 Å². The molecule has 0 spiro atoms. The van der Waals surface area contributed by atoms with Crippen LogP contribution in [0.1, 0.15) is 27.3 Å². The van der Waals surface area contributed by atoms with E-state index in [2.05, 4.69) is 10.4 Å². The Morgan fingerprint density at radius 3 is 2.58 bits per heavy atom. The Hall–Kier alpha value is -3.48. The van der Waals surface area contributed by atoms with Gasteiger partial charge in [-0.05, 0) is 38.1 Å². The third-order valence-corrected chi connectivity index (χ3v) is 4.25. The fourth-order valence-corrected chi connectivity index (χ4v) is 2.86. The van der Waals surface area contributed by atoms with Crippen molar-refractivity contribution in [3.05, 3.63) is 81.2 Å². The van der Waals surface area contributed by atoms with E-state index in [0.717, 1.165) is 22.6 Å². The molecular weight excluding hydrogens is 332 g/mol. The number of aromatic nitrogens is 2. The smallest absolute Gasteiger partial charge is 0.293 e. The standard InChI is InChI=1S/C19H18N4O3/c1-13-17(14(2)22(21-13)16-6-4-3-5-7-16)11-20-18-9-8-15(12-24)10-19(18)23(25)26/h3-10,12,20H,11H2,1-2H3. The van der Waals surface area contributed by atoms with E-state index in [1.54, 1.807) is 12.1 Å². The number of aryl methyl sites for hydroxylation is 1. The molecule has 0 aliphatic heterocycles. The molecule has 1 aromatic heterocycles. The summed E-state index contributed by atoms with van der Waals surface area (Å²) in [5.74, 6) is 0. The molecule has 26 heavy (non-hydrogen) atoms. The van der Waals surface area contributed by atoms with E-state index in [1.165, 1.54) is 6.07 Å². The lowest BCUT2D eigenvalue weighted by molar-refractivity contribution is -0.384. The number of hydrogen-bond acceptors (Lipinski definition) is 5. The number of anilines is 1. The largest absolute Gasteiger partial charge is 0.375 e. The maximum atomic E-state index is 11.3. The molecule has 0 aliphatic rings. The maximum absolute atomic E-state index is 11.3. The maximum Gasteiger partial charge on any atom is 0.293 e. The van der Waals surface area contributed by atoms with Gasteiger partial charge >= 0.3 is 0 Å². The minimum atomic E-state index is -0.498. The third-order valence-electron chi connectivity index (χ3n) is 4.25. The number of benzene rings is 2. The molecule has 7 nitrogen and oxygen atoms in total. The second-order valence-corrected chi connectivity index (χ2v) is 5.90. The van der Waals surface area contributed by atoms with Crippen LogP contribution in [0.2, 0.25) is 0 Å². The molecule has 0 saturated heterocycles. The number of nitrogens with zero attached hydrogens (tertiary/aromatic N) is 3. The first-order valence-electron chi connectivity index (χ1n) is 8.09. The molecule has 3 aromatic rings. The number of carbonyl (C=O) groups excluding carboxylic acids is 1. The predicted molar refractivity (Wildman–Crippen MR) is 98.8 cm³/mol. The van der Waals surface area contributed by atoms with Crippen LogP contribution >= 0.6 is 0 Å². The molecule has 0 amide bonds. The van der Waals surface area contributed by atoms with Crippen molar-refractivity contribution in [1.29, 1.82) is 0 Å². The molecule has 1 heterocycles. The predicted octanol–water partition coefficient (Wildman–Crippen LogP) is 3.82. The number of nitro benzene ring substituents is 1. The van der Waals surface area contributed by atoms with Crippen LogP contribution in [0.3, 0.4) is 0 Å². The minimum absolute atomic E-state index is 0.125. The number of hydrogen-bond donors (Lipinski definition) is 1. The van der Waals surface area contributed by atoms with E-state index in [0.29, 0.717) is 18.5 Å². The highest BCUT2D eigenvalue weighted by atomic mass is 16.6. The molecule has 0 bridgehead atoms. The van der Waals surface area contributed by atoms with Gasteiger partial charge in [-0.15, -0.1) is 0 Å². The van der Waals surface area contributed by atoms with Gasteiger partial charge in [-0.1, -0.05) is 18.2 Å². The van der Waals surface area contributed by atoms with Gasteiger partial charge in [0.15, 0.2) is 0 Å². The van der Waals surface area contributed by atoms with Crippen molar-refractivity contribution < 1.29 is 9.72 Å². The molecule has 1 N–H and O–H groups in total. The van der Waals surface area contributed by atoms with Crippen molar-refractivity contribution in [1.82, 2.24) is 9.78 Å². The average Bonchev–Trinajstić information content (AvgIpc) is 2.94.